The largest absolute Gasteiger partial charge is 1.00 e. The molecule has 2 aromatic rings. The summed E-state index contributed by atoms with van der Waals surface area (Å²) in [6, 6.07) is 10.3. The molecule has 0 radical (unpaired) electrons. The Labute approximate surface area is 210 Å². The molecule has 0 spiro atoms. The molecule has 1 aromatic carbocycles. The molecule has 154 valence electrons. The van der Waals surface area contributed by atoms with Crippen molar-refractivity contribution >= 4 is 41.1 Å². The minimum Gasteiger partial charge on any atom is -0.543 e. The number of ether oxygens (including phenoxy) is 1. The smallest absolute Gasteiger partial charge is 0.543 e. The van der Waals surface area contributed by atoms with Crippen LogP contribution in [-0.4, -0.2) is 40.7 Å². The van der Waals surface area contributed by atoms with Gasteiger partial charge in [0.25, 0.3) is 5.91 Å². The summed E-state index contributed by atoms with van der Waals surface area (Å²) in [6.45, 7) is 2.77. The molecule has 9 heteroatoms. The first-order valence-corrected chi connectivity index (χ1v) is 11.4. The van der Waals surface area contributed by atoms with Crippen LogP contribution in [0.4, 0.5) is 0 Å². The topological polar surface area (TPSA) is 72.9 Å². The van der Waals surface area contributed by atoms with E-state index < -0.39 is 5.97 Å². The molecule has 3 aliphatic heterocycles. The molecule has 1 saturated heterocycles. The number of methoxy groups -OCH3 is 1. The average Bonchev–Trinajstić information content (AvgIpc) is 3.34. The van der Waals surface area contributed by atoms with Crippen molar-refractivity contribution in [1.29, 1.82) is 0 Å². The molecule has 31 heavy (non-hydrogen) atoms. The summed E-state index contributed by atoms with van der Waals surface area (Å²) in [6.07, 6.45) is 2.91. The monoisotopic (exact) mass is 462 g/mol. The van der Waals surface area contributed by atoms with Crippen LogP contribution in [0.2, 0.25) is 0 Å². The number of fused-ring (bicyclic) bond motifs is 2. The number of hydrogen-bond acceptors (Lipinski definition) is 7. The Kier molecular flexibility index (Phi) is 6.67. The maximum atomic E-state index is 12.4. The van der Waals surface area contributed by atoms with Crippen molar-refractivity contribution in [3.63, 3.8) is 0 Å². The first-order chi connectivity index (χ1) is 14.5. The van der Waals surface area contributed by atoms with E-state index in [1.54, 1.807) is 18.4 Å². The zero-order chi connectivity index (χ0) is 20.8. The van der Waals surface area contributed by atoms with Crippen LogP contribution < -0.4 is 39.4 Å². The second-order valence-electron chi connectivity index (χ2n) is 7.46. The van der Waals surface area contributed by atoms with Gasteiger partial charge in [0.15, 0.2) is 0 Å². The molecule has 1 fully saturated rings. The number of nitrogens with zero attached hydrogens (tertiary/aromatic N) is 2. The first-order valence-electron chi connectivity index (χ1n) is 9.62. The Hall–Kier alpha value is -1.55. The fourth-order valence-corrected chi connectivity index (χ4v) is 6.26. The molecule has 1 amide bonds. The van der Waals surface area contributed by atoms with Crippen LogP contribution >= 0.6 is 23.1 Å². The molecule has 0 N–H and O–H groups in total. The van der Waals surface area contributed by atoms with Crippen molar-refractivity contribution in [2.24, 2.45) is 0 Å². The van der Waals surface area contributed by atoms with Gasteiger partial charge < -0.3 is 14.6 Å². The number of carbonyl (C=O) groups is 2. The SMILES string of the molecule is COc1ccc(CN2CCc3sc(/C=C4/C(=O)N5C(C(=O)[O-])=CS[C@H]45)cc3C2)cc1.[Na+]. The number of carboxylic acid groups (broad SMARTS) is 1. The number of rotatable bonds is 5. The summed E-state index contributed by atoms with van der Waals surface area (Å²) in [5.74, 6) is -0.685. The number of hydrogen-bond donors (Lipinski definition) is 0. The van der Waals surface area contributed by atoms with Crippen molar-refractivity contribution < 1.29 is 49.0 Å². The standard InChI is InChI=1S/C22H20N2O4S2.Na/c1-28-15-4-2-13(3-5-15)10-23-7-6-19-14(11-23)8-16(30-19)9-17-20(25)24-18(22(26)27)12-29-21(17)24;/h2-5,8-9,12,21H,6-7,10-11H2,1H3,(H,26,27);/q;+1/p-1/b17-9-;/t21-;/m1./s1. The number of carboxylic acids is 1. The second kappa shape index (κ2) is 9.13. The van der Waals surface area contributed by atoms with Gasteiger partial charge in [-0.3, -0.25) is 14.6 Å². The molecule has 4 heterocycles. The van der Waals surface area contributed by atoms with Gasteiger partial charge in [0.1, 0.15) is 11.1 Å². The number of thiophene rings is 1. The van der Waals surface area contributed by atoms with Crippen molar-refractivity contribution in [1.82, 2.24) is 9.80 Å². The first kappa shape index (κ1) is 22.6. The number of carbonyl (C=O) groups excluding carboxylic acids is 2. The van der Waals surface area contributed by atoms with E-state index in [4.69, 9.17) is 4.74 Å². The number of benzene rings is 1. The summed E-state index contributed by atoms with van der Waals surface area (Å²) in [7, 11) is 1.67. The van der Waals surface area contributed by atoms with E-state index in [1.807, 2.05) is 18.2 Å². The van der Waals surface area contributed by atoms with Crippen molar-refractivity contribution in [3.05, 3.63) is 67.9 Å². The Balaban J connectivity index is 0.00000231. The normalized spacial score (nSPS) is 21.1. The second-order valence-corrected chi connectivity index (χ2v) is 9.58. The number of thioether (sulfide) groups is 1. The molecule has 1 aromatic heterocycles. The van der Waals surface area contributed by atoms with Crippen LogP contribution in [0, 0.1) is 0 Å². The third-order valence-corrected chi connectivity index (χ3v) is 7.84. The van der Waals surface area contributed by atoms with Crippen LogP contribution in [-0.2, 0) is 29.1 Å². The third-order valence-electron chi connectivity index (χ3n) is 5.57. The van der Waals surface area contributed by atoms with Crippen LogP contribution in [0.3, 0.4) is 0 Å². The maximum Gasteiger partial charge on any atom is 1.00 e. The summed E-state index contributed by atoms with van der Waals surface area (Å²) in [5, 5.41) is 12.4. The van der Waals surface area contributed by atoms with Gasteiger partial charge in [-0.15, -0.1) is 23.1 Å². The average molecular weight is 463 g/mol. The molecule has 0 saturated carbocycles. The number of β-lactam (4-membered cyclic amide) rings is 1. The van der Waals surface area contributed by atoms with Gasteiger partial charge in [-0.1, -0.05) is 12.1 Å². The minimum atomic E-state index is -1.30. The molecule has 6 nitrogen and oxygen atoms in total. The van der Waals surface area contributed by atoms with E-state index in [9.17, 15) is 14.7 Å². The van der Waals surface area contributed by atoms with E-state index in [0.29, 0.717) is 5.57 Å². The summed E-state index contributed by atoms with van der Waals surface area (Å²) >= 11 is 3.06. The molecule has 0 aliphatic carbocycles. The molecular formula is C22H19N2NaO4S2. The van der Waals surface area contributed by atoms with Crippen LogP contribution in [0.25, 0.3) is 6.08 Å². The number of amides is 1. The third kappa shape index (κ3) is 4.25. The van der Waals surface area contributed by atoms with Gasteiger partial charge in [0.05, 0.1) is 24.3 Å². The van der Waals surface area contributed by atoms with Crippen LogP contribution in [0.5, 0.6) is 5.75 Å². The van der Waals surface area contributed by atoms with Crippen LogP contribution in [0.15, 0.2) is 47.0 Å². The van der Waals surface area contributed by atoms with Gasteiger partial charge in [-0.25, -0.2) is 0 Å². The Morgan fingerprint density at radius 1 is 1.32 bits per heavy atom. The van der Waals surface area contributed by atoms with Gasteiger partial charge in [0, 0.05) is 29.4 Å². The fourth-order valence-electron chi connectivity index (χ4n) is 4.02. The summed E-state index contributed by atoms with van der Waals surface area (Å²) < 4.78 is 5.22. The van der Waals surface area contributed by atoms with E-state index in [2.05, 4.69) is 23.1 Å². The van der Waals surface area contributed by atoms with Crippen molar-refractivity contribution in [2.75, 3.05) is 13.7 Å². The fraction of sp³-hybridized carbons (Fsp3) is 0.273. The molecular weight excluding hydrogens is 443 g/mol. The predicted molar refractivity (Wildman–Crippen MR) is 114 cm³/mol. The van der Waals surface area contributed by atoms with Gasteiger partial charge in [-0.05, 0) is 47.2 Å². The van der Waals surface area contributed by atoms with Crippen LogP contribution in [0.1, 0.15) is 20.9 Å². The molecule has 0 bridgehead atoms. The molecule has 5 rings (SSSR count). The van der Waals surface area contributed by atoms with Crippen molar-refractivity contribution in [2.45, 2.75) is 24.9 Å². The zero-order valence-electron chi connectivity index (χ0n) is 17.3. The Morgan fingerprint density at radius 2 is 2.10 bits per heavy atom. The van der Waals surface area contributed by atoms with E-state index in [0.717, 1.165) is 36.7 Å². The molecule has 3 aliphatic rings. The summed E-state index contributed by atoms with van der Waals surface area (Å²) in [4.78, 5) is 29.7. The molecule has 0 unspecified atom stereocenters. The van der Waals surface area contributed by atoms with E-state index in [1.165, 1.54) is 38.1 Å². The van der Waals surface area contributed by atoms with Gasteiger partial charge in [0.2, 0.25) is 0 Å². The minimum absolute atomic E-state index is 0. The van der Waals surface area contributed by atoms with Gasteiger partial charge >= 0.3 is 29.6 Å². The zero-order valence-corrected chi connectivity index (χ0v) is 20.9. The number of aliphatic carboxylic acids is 1. The van der Waals surface area contributed by atoms with E-state index >= 15 is 0 Å². The predicted octanol–water partition coefficient (Wildman–Crippen LogP) is -0.791. The van der Waals surface area contributed by atoms with Crippen molar-refractivity contribution in [3.8, 4) is 5.75 Å². The van der Waals surface area contributed by atoms with E-state index in [-0.39, 0.29) is 46.5 Å². The summed E-state index contributed by atoms with van der Waals surface area (Å²) in [5.41, 5.74) is 3.18. The molecule has 1 atom stereocenters. The Bertz CT molecular complexity index is 1090. The van der Waals surface area contributed by atoms with Gasteiger partial charge in [-0.2, -0.15) is 0 Å². The maximum absolute atomic E-state index is 12.4. The Morgan fingerprint density at radius 3 is 2.81 bits per heavy atom. The quantitative estimate of drug-likeness (QED) is 0.330.